The summed E-state index contributed by atoms with van der Waals surface area (Å²) < 4.78 is 14.8. The Labute approximate surface area is 112 Å². The van der Waals surface area contributed by atoms with Gasteiger partial charge in [-0.15, -0.1) is 23.7 Å². The van der Waals surface area contributed by atoms with E-state index in [1.54, 1.807) is 11.6 Å². The van der Waals surface area contributed by atoms with Crippen LogP contribution in [0.15, 0.2) is 34.6 Å². The van der Waals surface area contributed by atoms with E-state index in [0.717, 1.165) is 4.68 Å². The SMILES string of the molecule is Cl.NC/C(=C/F)Cn1ncn(-c2nccs2)c1=O. The second kappa shape index (κ2) is 6.43. The van der Waals surface area contributed by atoms with E-state index >= 15 is 0 Å². The maximum atomic E-state index is 12.4. The van der Waals surface area contributed by atoms with Crippen molar-refractivity contribution in [2.75, 3.05) is 6.54 Å². The minimum Gasteiger partial charge on any atom is -0.327 e. The van der Waals surface area contributed by atoms with Crippen LogP contribution in [0.1, 0.15) is 0 Å². The van der Waals surface area contributed by atoms with Gasteiger partial charge in [0, 0.05) is 18.1 Å². The highest BCUT2D eigenvalue weighted by atomic mass is 35.5. The lowest BCUT2D eigenvalue weighted by atomic mass is 10.3. The van der Waals surface area contributed by atoms with Crippen LogP contribution >= 0.6 is 23.7 Å². The quantitative estimate of drug-likeness (QED) is 0.900. The third-order valence-electron chi connectivity index (χ3n) is 2.13. The summed E-state index contributed by atoms with van der Waals surface area (Å²) in [5.41, 5.74) is 5.25. The number of rotatable bonds is 4. The average molecular weight is 292 g/mol. The molecule has 0 bridgehead atoms. The molecule has 6 nitrogen and oxygen atoms in total. The molecule has 0 radical (unpaired) electrons. The van der Waals surface area contributed by atoms with Gasteiger partial charge in [-0.3, -0.25) is 0 Å². The number of nitrogens with two attached hydrogens (primary N) is 1. The summed E-state index contributed by atoms with van der Waals surface area (Å²) in [6, 6.07) is 0. The maximum Gasteiger partial charge on any atom is 0.352 e. The Morgan fingerprint density at radius 1 is 1.61 bits per heavy atom. The third-order valence-corrected chi connectivity index (χ3v) is 2.90. The van der Waals surface area contributed by atoms with Crippen molar-refractivity contribution < 1.29 is 4.39 Å². The number of nitrogens with zero attached hydrogens (tertiary/aromatic N) is 4. The Morgan fingerprint density at radius 3 is 2.94 bits per heavy atom. The van der Waals surface area contributed by atoms with E-state index in [4.69, 9.17) is 5.73 Å². The first-order valence-corrected chi connectivity index (χ1v) is 5.66. The molecule has 0 saturated carbocycles. The Morgan fingerprint density at radius 2 is 2.39 bits per heavy atom. The highest BCUT2D eigenvalue weighted by molar-refractivity contribution is 7.12. The van der Waals surface area contributed by atoms with E-state index in [1.165, 1.54) is 22.2 Å². The van der Waals surface area contributed by atoms with Gasteiger partial charge in [-0.25, -0.2) is 23.4 Å². The van der Waals surface area contributed by atoms with Crippen LogP contribution in [0.3, 0.4) is 0 Å². The smallest absolute Gasteiger partial charge is 0.327 e. The van der Waals surface area contributed by atoms with Gasteiger partial charge in [0.15, 0.2) is 5.13 Å². The van der Waals surface area contributed by atoms with Gasteiger partial charge >= 0.3 is 5.69 Å². The minimum atomic E-state index is -0.368. The van der Waals surface area contributed by atoms with E-state index in [1.807, 2.05) is 0 Å². The fourth-order valence-corrected chi connectivity index (χ4v) is 1.85. The van der Waals surface area contributed by atoms with Gasteiger partial charge in [0.25, 0.3) is 0 Å². The Bertz CT molecular complexity index is 576. The molecule has 9 heteroatoms. The number of hydrogen-bond acceptors (Lipinski definition) is 5. The summed E-state index contributed by atoms with van der Waals surface area (Å²) in [4.78, 5) is 15.9. The summed E-state index contributed by atoms with van der Waals surface area (Å²) in [6.45, 7) is 0.0945. The van der Waals surface area contributed by atoms with Crippen molar-refractivity contribution >= 4 is 23.7 Å². The molecule has 2 aromatic rings. The van der Waals surface area contributed by atoms with Gasteiger partial charge < -0.3 is 5.73 Å². The molecule has 0 aliphatic heterocycles. The summed E-state index contributed by atoms with van der Waals surface area (Å²) in [5.74, 6) is 0. The van der Waals surface area contributed by atoms with Crippen molar-refractivity contribution in [3.05, 3.63) is 40.3 Å². The zero-order valence-corrected chi connectivity index (χ0v) is 10.8. The lowest BCUT2D eigenvalue weighted by Gasteiger charge is -2.00. The molecule has 2 heterocycles. The molecular formula is C9H11ClFN5OS. The van der Waals surface area contributed by atoms with E-state index < -0.39 is 0 Å². The first-order valence-electron chi connectivity index (χ1n) is 4.78. The van der Waals surface area contributed by atoms with Crippen molar-refractivity contribution in [2.45, 2.75) is 6.54 Å². The molecule has 0 aliphatic carbocycles. The van der Waals surface area contributed by atoms with Gasteiger partial charge in [0.1, 0.15) is 6.33 Å². The molecule has 2 rings (SSSR count). The van der Waals surface area contributed by atoms with Crippen molar-refractivity contribution in [3.63, 3.8) is 0 Å². The molecule has 0 aromatic carbocycles. The number of hydrogen-bond donors (Lipinski definition) is 1. The summed E-state index contributed by atoms with van der Waals surface area (Å²) in [5, 5.41) is 6.16. The molecule has 0 amide bonds. The Hall–Kier alpha value is -1.51. The van der Waals surface area contributed by atoms with Gasteiger partial charge in [0.2, 0.25) is 0 Å². The number of thiazole rings is 1. The van der Waals surface area contributed by atoms with E-state index in [9.17, 15) is 9.18 Å². The molecule has 2 N–H and O–H groups in total. The highest BCUT2D eigenvalue weighted by Gasteiger charge is 2.09. The topological polar surface area (TPSA) is 78.7 Å². The zero-order chi connectivity index (χ0) is 12.3. The lowest BCUT2D eigenvalue weighted by molar-refractivity contribution is 0.612. The second-order valence-corrected chi connectivity index (χ2v) is 4.10. The van der Waals surface area contributed by atoms with E-state index in [0.29, 0.717) is 17.0 Å². The number of halogens is 2. The normalized spacial score (nSPS) is 11.3. The van der Waals surface area contributed by atoms with Gasteiger partial charge in [-0.05, 0) is 5.57 Å². The van der Waals surface area contributed by atoms with Gasteiger partial charge in [0.05, 0.1) is 12.9 Å². The van der Waals surface area contributed by atoms with Crippen molar-refractivity contribution in [1.82, 2.24) is 19.3 Å². The first-order chi connectivity index (χ1) is 8.26. The van der Waals surface area contributed by atoms with Crippen LogP contribution in [0.5, 0.6) is 0 Å². The Balaban J connectivity index is 0.00000162. The van der Waals surface area contributed by atoms with Crippen LogP contribution in [0.25, 0.3) is 5.13 Å². The number of aromatic nitrogens is 4. The molecule has 0 unspecified atom stereocenters. The molecule has 0 spiro atoms. The monoisotopic (exact) mass is 291 g/mol. The van der Waals surface area contributed by atoms with Crippen LogP contribution in [0.2, 0.25) is 0 Å². The van der Waals surface area contributed by atoms with Crippen molar-refractivity contribution in [1.29, 1.82) is 0 Å². The molecule has 0 fully saturated rings. The summed E-state index contributed by atoms with van der Waals surface area (Å²) >= 11 is 1.32. The second-order valence-electron chi connectivity index (χ2n) is 3.23. The highest BCUT2D eigenvalue weighted by Crippen LogP contribution is 2.07. The lowest BCUT2D eigenvalue weighted by Crippen LogP contribution is -2.25. The molecular weight excluding hydrogens is 281 g/mol. The predicted octanol–water partition coefficient (Wildman–Crippen LogP) is 0.724. The summed E-state index contributed by atoms with van der Waals surface area (Å²) in [7, 11) is 0. The van der Waals surface area contributed by atoms with E-state index in [-0.39, 0.29) is 31.2 Å². The van der Waals surface area contributed by atoms with Crippen LogP contribution in [-0.4, -0.2) is 25.9 Å². The van der Waals surface area contributed by atoms with Crippen LogP contribution in [0, 0.1) is 0 Å². The molecule has 18 heavy (non-hydrogen) atoms. The van der Waals surface area contributed by atoms with Crippen LogP contribution < -0.4 is 11.4 Å². The third kappa shape index (κ3) is 2.84. The standard InChI is InChI=1S/C9H10FN5OS.ClH/c10-3-7(4-11)5-15-9(16)14(6-13-15)8-12-1-2-17-8;/h1-3,6H,4-5,11H2;1H/b7-3-;. The predicted molar refractivity (Wildman–Crippen MR) is 69.0 cm³/mol. The zero-order valence-electron chi connectivity index (χ0n) is 9.19. The fourth-order valence-electron chi connectivity index (χ4n) is 1.25. The molecule has 0 aliphatic rings. The minimum absolute atomic E-state index is 0. The molecule has 98 valence electrons. The van der Waals surface area contributed by atoms with E-state index in [2.05, 4.69) is 10.1 Å². The van der Waals surface area contributed by atoms with Crippen LogP contribution in [0.4, 0.5) is 4.39 Å². The van der Waals surface area contributed by atoms with Crippen molar-refractivity contribution in [3.8, 4) is 5.13 Å². The van der Waals surface area contributed by atoms with Crippen molar-refractivity contribution in [2.24, 2.45) is 5.73 Å². The average Bonchev–Trinajstić information content (AvgIpc) is 2.96. The molecule has 2 aromatic heterocycles. The Kier molecular flexibility index (Phi) is 5.20. The maximum absolute atomic E-state index is 12.4. The summed E-state index contributed by atoms with van der Waals surface area (Å²) in [6.07, 6.45) is 3.35. The van der Waals surface area contributed by atoms with Crippen LogP contribution in [-0.2, 0) is 6.54 Å². The fraction of sp³-hybridized carbons (Fsp3) is 0.222. The molecule has 0 atom stereocenters. The largest absolute Gasteiger partial charge is 0.352 e. The molecule has 0 saturated heterocycles. The van der Waals surface area contributed by atoms with Gasteiger partial charge in [-0.1, -0.05) is 0 Å². The first kappa shape index (κ1) is 14.6. The van der Waals surface area contributed by atoms with Gasteiger partial charge in [-0.2, -0.15) is 5.10 Å².